The summed E-state index contributed by atoms with van der Waals surface area (Å²) in [4.78, 5) is 9.36. The number of hydrogen-bond acceptors (Lipinski definition) is 3. The molecule has 4 heterocycles. The Bertz CT molecular complexity index is 2080. The normalized spacial score (nSPS) is 14.1. The van der Waals surface area contributed by atoms with Crippen molar-refractivity contribution < 1.29 is 24.5 Å². The molecule has 2 aliphatic rings. The molecule has 1 radical (unpaired) electrons. The molecule has 4 nitrogen and oxygen atoms in total. The third-order valence-electron chi connectivity index (χ3n) is 8.54. The van der Waals surface area contributed by atoms with E-state index in [1.165, 1.54) is 42.3 Å². The predicted molar refractivity (Wildman–Crippen MR) is 170 cm³/mol. The Kier molecular flexibility index (Phi) is 7.52. The van der Waals surface area contributed by atoms with Crippen molar-refractivity contribution in [2.75, 3.05) is 0 Å². The SMILES string of the molecule is [Ir].[c-]1ccc2c(oc3ccccc32)c1-c1cc(C2CCCC2)ccn1.[c-]1ccccc1-c1nc2cccc3c2n1CC=C3. The van der Waals surface area contributed by atoms with Gasteiger partial charge >= 0.3 is 0 Å². The average Bonchev–Trinajstić information content (AvgIpc) is 3.81. The summed E-state index contributed by atoms with van der Waals surface area (Å²) in [7, 11) is 0. The zero-order valence-electron chi connectivity index (χ0n) is 23.6. The monoisotopic (exact) mass is 736 g/mol. The van der Waals surface area contributed by atoms with Gasteiger partial charge in [-0.3, -0.25) is 4.98 Å². The van der Waals surface area contributed by atoms with E-state index in [-0.39, 0.29) is 20.1 Å². The minimum absolute atomic E-state index is 0. The number of furan rings is 1. The van der Waals surface area contributed by atoms with Crippen LogP contribution in [0.5, 0.6) is 0 Å². The fourth-order valence-electron chi connectivity index (χ4n) is 6.53. The molecule has 9 rings (SSSR count). The van der Waals surface area contributed by atoms with Crippen molar-refractivity contribution in [1.29, 1.82) is 0 Å². The van der Waals surface area contributed by atoms with Crippen LogP contribution < -0.4 is 0 Å². The number of benzene rings is 4. The number of fused-ring (bicyclic) bond motifs is 3. The molecule has 0 bridgehead atoms. The van der Waals surface area contributed by atoms with Crippen LogP contribution in [0.2, 0.25) is 0 Å². The fraction of sp³-hybridized carbons (Fsp3) is 0.158. The van der Waals surface area contributed by atoms with Gasteiger partial charge in [-0.2, -0.15) is 0 Å². The van der Waals surface area contributed by atoms with Gasteiger partial charge in [-0.15, -0.1) is 54.1 Å². The smallest absolute Gasteiger partial charge is 0.120 e. The molecule has 0 saturated heterocycles. The summed E-state index contributed by atoms with van der Waals surface area (Å²) in [5, 5.41) is 2.28. The van der Waals surface area contributed by atoms with E-state index in [4.69, 9.17) is 9.40 Å². The second-order valence-electron chi connectivity index (χ2n) is 11.1. The van der Waals surface area contributed by atoms with E-state index in [1.807, 2.05) is 48.7 Å². The zero-order valence-corrected chi connectivity index (χ0v) is 26.0. The Hall–Kier alpha value is -4.31. The summed E-state index contributed by atoms with van der Waals surface area (Å²) >= 11 is 0. The van der Waals surface area contributed by atoms with Crippen molar-refractivity contribution in [3.63, 3.8) is 0 Å². The number of hydrogen-bond donors (Lipinski definition) is 0. The molecule has 0 N–H and O–H groups in total. The van der Waals surface area contributed by atoms with E-state index in [0.29, 0.717) is 5.92 Å². The van der Waals surface area contributed by atoms with Crippen molar-refractivity contribution in [2.45, 2.75) is 38.1 Å². The molecule has 213 valence electrons. The van der Waals surface area contributed by atoms with Crippen LogP contribution in [0.1, 0.15) is 42.7 Å². The van der Waals surface area contributed by atoms with Crippen molar-refractivity contribution in [2.24, 2.45) is 0 Å². The molecule has 43 heavy (non-hydrogen) atoms. The molecular weight excluding hydrogens is 707 g/mol. The fourth-order valence-corrected chi connectivity index (χ4v) is 6.53. The first-order valence-corrected chi connectivity index (χ1v) is 14.7. The minimum atomic E-state index is 0. The summed E-state index contributed by atoms with van der Waals surface area (Å²) in [6.07, 6.45) is 11.5. The van der Waals surface area contributed by atoms with Gasteiger partial charge in [0.25, 0.3) is 0 Å². The topological polar surface area (TPSA) is 43.9 Å². The molecule has 0 amide bonds. The maximum absolute atomic E-state index is 6.13. The van der Waals surface area contributed by atoms with Gasteiger partial charge in [-0.1, -0.05) is 77.9 Å². The average molecular weight is 736 g/mol. The van der Waals surface area contributed by atoms with Crippen LogP contribution in [0.25, 0.3) is 61.7 Å². The molecule has 0 spiro atoms. The maximum atomic E-state index is 6.13. The number of pyridine rings is 1. The van der Waals surface area contributed by atoms with E-state index >= 15 is 0 Å². The summed E-state index contributed by atoms with van der Waals surface area (Å²) < 4.78 is 8.39. The quantitative estimate of drug-likeness (QED) is 0.170. The molecular formula is C38H29IrN3O-2. The maximum Gasteiger partial charge on any atom is 0.120 e. The van der Waals surface area contributed by atoms with Gasteiger partial charge in [0.1, 0.15) is 5.58 Å². The van der Waals surface area contributed by atoms with Crippen LogP contribution in [0, 0.1) is 12.1 Å². The summed E-state index contributed by atoms with van der Waals surface area (Å²) in [6, 6.07) is 37.5. The van der Waals surface area contributed by atoms with Crippen LogP contribution in [0.4, 0.5) is 0 Å². The van der Waals surface area contributed by atoms with Gasteiger partial charge in [0, 0.05) is 38.2 Å². The molecule has 7 aromatic rings. The van der Waals surface area contributed by atoms with Gasteiger partial charge < -0.3 is 14.0 Å². The molecule has 1 aliphatic heterocycles. The molecule has 4 aromatic carbocycles. The largest absolute Gasteiger partial charge is 0.501 e. The molecule has 0 atom stereocenters. The number of imidazole rings is 1. The molecule has 1 aliphatic carbocycles. The van der Waals surface area contributed by atoms with Crippen molar-refractivity contribution in [1.82, 2.24) is 14.5 Å². The van der Waals surface area contributed by atoms with Crippen molar-refractivity contribution in [3.8, 4) is 22.6 Å². The summed E-state index contributed by atoms with van der Waals surface area (Å²) in [5.41, 5.74) is 9.71. The number of para-hydroxylation sites is 2. The number of allylic oxidation sites excluding steroid dienone is 1. The van der Waals surface area contributed by atoms with Crippen LogP contribution in [0.15, 0.2) is 108 Å². The van der Waals surface area contributed by atoms with Crippen LogP contribution in [0.3, 0.4) is 0 Å². The molecule has 5 heteroatoms. The first-order valence-electron chi connectivity index (χ1n) is 14.7. The van der Waals surface area contributed by atoms with Crippen molar-refractivity contribution >= 4 is 39.0 Å². The van der Waals surface area contributed by atoms with Crippen LogP contribution in [-0.4, -0.2) is 14.5 Å². The van der Waals surface area contributed by atoms with E-state index < -0.39 is 0 Å². The molecule has 3 aromatic heterocycles. The molecule has 0 unspecified atom stereocenters. The third-order valence-corrected chi connectivity index (χ3v) is 8.54. The van der Waals surface area contributed by atoms with Crippen molar-refractivity contribution in [3.05, 3.63) is 127 Å². The molecule has 1 fully saturated rings. The minimum Gasteiger partial charge on any atom is -0.501 e. The second-order valence-corrected chi connectivity index (χ2v) is 11.1. The standard InChI is InChI=1S/C22H18NO.C16H11N2.Ir/c1-2-7-15(6-1)16-12-13-23-20(14-16)19-10-5-9-18-17-8-3-4-11-21(17)24-22(18)19;1-2-6-13(7-3-1)16-17-14-10-4-8-12-9-5-11-18(16)15(12)14;/h3-5,8-9,11-15H,1-2,6-7H2;1-6,8-10H,11H2;/q2*-1;. The Morgan fingerprint density at radius 1 is 0.837 bits per heavy atom. The van der Waals surface area contributed by atoms with E-state index in [0.717, 1.165) is 56.6 Å². The first-order chi connectivity index (χ1) is 20.8. The first kappa shape index (κ1) is 27.5. The van der Waals surface area contributed by atoms with E-state index in [9.17, 15) is 0 Å². The summed E-state index contributed by atoms with van der Waals surface area (Å²) in [6.45, 7) is 0.881. The Morgan fingerprint density at radius 2 is 1.72 bits per heavy atom. The van der Waals surface area contributed by atoms with E-state index in [1.54, 1.807) is 0 Å². The third kappa shape index (κ3) is 5.03. The summed E-state index contributed by atoms with van der Waals surface area (Å²) in [5.74, 6) is 1.68. The Morgan fingerprint density at radius 3 is 2.60 bits per heavy atom. The zero-order chi connectivity index (χ0) is 27.9. The van der Waals surface area contributed by atoms with Gasteiger partial charge in [0.2, 0.25) is 0 Å². The number of aromatic nitrogens is 3. The van der Waals surface area contributed by atoms with Gasteiger partial charge in [0.15, 0.2) is 0 Å². The second kappa shape index (κ2) is 11.8. The van der Waals surface area contributed by atoms with Gasteiger partial charge in [-0.05, 0) is 48.2 Å². The van der Waals surface area contributed by atoms with Gasteiger partial charge in [-0.25, -0.2) is 0 Å². The Balaban J connectivity index is 0.000000142. The van der Waals surface area contributed by atoms with Gasteiger partial charge in [0.05, 0.1) is 22.4 Å². The Labute approximate surface area is 264 Å². The molecule has 1 saturated carbocycles. The van der Waals surface area contributed by atoms with Crippen LogP contribution >= 0.6 is 0 Å². The van der Waals surface area contributed by atoms with E-state index in [2.05, 4.69) is 82.4 Å². The number of nitrogens with zero attached hydrogens (tertiary/aromatic N) is 3. The predicted octanol–water partition coefficient (Wildman–Crippen LogP) is 9.63. The number of rotatable bonds is 3. The van der Waals surface area contributed by atoms with Crippen LogP contribution in [-0.2, 0) is 26.7 Å².